The van der Waals surface area contributed by atoms with Crippen molar-refractivity contribution in [3.05, 3.63) is 59.9 Å². The molecule has 0 bridgehead atoms. The van der Waals surface area contributed by atoms with Gasteiger partial charge in [0.05, 0.1) is 5.69 Å². The van der Waals surface area contributed by atoms with Gasteiger partial charge in [-0.15, -0.1) is 0 Å². The molecule has 1 aliphatic heterocycles. The second-order valence-corrected chi connectivity index (χ2v) is 6.47. The van der Waals surface area contributed by atoms with Crippen molar-refractivity contribution in [1.29, 1.82) is 0 Å². The fourth-order valence-corrected chi connectivity index (χ4v) is 3.00. The SMILES string of the molecule is O=C(Nc1ccc(F)c(F)c1F)C1CCN(C(=O)COc2ccccc2)CC1. The third-order valence-corrected chi connectivity index (χ3v) is 4.62. The highest BCUT2D eigenvalue weighted by Gasteiger charge is 2.28. The summed E-state index contributed by atoms with van der Waals surface area (Å²) in [6, 6.07) is 10.7. The number of hydrogen-bond acceptors (Lipinski definition) is 3. The van der Waals surface area contributed by atoms with Crippen LogP contribution in [0.2, 0.25) is 0 Å². The van der Waals surface area contributed by atoms with Gasteiger partial charge in [-0.05, 0) is 37.1 Å². The van der Waals surface area contributed by atoms with Crippen LogP contribution in [0, 0.1) is 23.4 Å². The topological polar surface area (TPSA) is 58.6 Å². The maximum atomic E-state index is 13.7. The number of hydrogen-bond donors (Lipinski definition) is 1. The summed E-state index contributed by atoms with van der Waals surface area (Å²) in [7, 11) is 0. The normalized spacial score (nSPS) is 14.6. The fraction of sp³-hybridized carbons (Fsp3) is 0.300. The Morgan fingerprint density at radius 3 is 2.36 bits per heavy atom. The largest absolute Gasteiger partial charge is 0.484 e. The first-order valence-corrected chi connectivity index (χ1v) is 8.85. The number of likely N-dealkylation sites (tertiary alicyclic amines) is 1. The number of halogens is 3. The van der Waals surface area contributed by atoms with Gasteiger partial charge in [0.25, 0.3) is 5.91 Å². The van der Waals surface area contributed by atoms with Crippen molar-refractivity contribution in [2.75, 3.05) is 25.0 Å². The number of nitrogens with zero attached hydrogens (tertiary/aromatic N) is 1. The Kier molecular flexibility index (Phi) is 6.18. The molecular weight excluding hydrogens is 373 g/mol. The molecule has 28 heavy (non-hydrogen) atoms. The second-order valence-electron chi connectivity index (χ2n) is 6.47. The summed E-state index contributed by atoms with van der Waals surface area (Å²) < 4.78 is 45.3. The van der Waals surface area contributed by atoms with E-state index < -0.39 is 35.0 Å². The summed E-state index contributed by atoms with van der Waals surface area (Å²) in [6.07, 6.45) is 0.766. The van der Waals surface area contributed by atoms with Gasteiger partial charge >= 0.3 is 0 Å². The first-order valence-electron chi connectivity index (χ1n) is 8.85. The number of benzene rings is 2. The van der Waals surface area contributed by atoms with E-state index in [-0.39, 0.29) is 12.5 Å². The molecule has 0 aromatic heterocycles. The summed E-state index contributed by atoms with van der Waals surface area (Å²) >= 11 is 0. The van der Waals surface area contributed by atoms with E-state index in [1.54, 1.807) is 29.2 Å². The number of carbonyl (C=O) groups excluding carboxylic acids is 2. The molecule has 148 valence electrons. The minimum atomic E-state index is -1.63. The third kappa shape index (κ3) is 4.62. The standard InChI is InChI=1S/C20H19F3N2O3/c21-15-6-7-16(19(23)18(15)22)24-20(27)13-8-10-25(11-9-13)17(26)12-28-14-4-2-1-3-5-14/h1-7,13H,8-12H2,(H,24,27). The van der Waals surface area contributed by atoms with Crippen LogP contribution in [-0.4, -0.2) is 36.4 Å². The number of piperidine rings is 1. The highest BCUT2D eigenvalue weighted by Crippen LogP contribution is 2.23. The fourth-order valence-electron chi connectivity index (χ4n) is 3.00. The molecule has 1 fully saturated rings. The van der Waals surface area contributed by atoms with Gasteiger partial charge in [-0.1, -0.05) is 18.2 Å². The Morgan fingerprint density at radius 1 is 1.00 bits per heavy atom. The number of rotatable bonds is 5. The third-order valence-electron chi connectivity index (χ3n) is 4.62. The van der Waals surface area contributed by atoms with Gasteiger partial charge < -0.3 is 15.0 Å². The predicted octanol–water partition coefficient (Wildman–Crippen LogP) is 3.36. The Hall–Kier alpha value is -3.03. The lowest BCUT2D eigenvalue weighted by Gasteiger charge is -2.31. The van der Waals surface area contributed by atoms with Gasteiger partial charge in [0.2, 0.25) is 5.91 Å². The minimum Gasteiger partial charge on any atom is -0.484 e. The summed E-state index contributed by atoms with van der Waals surface area (Å²) in [5, 5.41) is 2.29. The molecule has 0 aliphatic carbocycles. The first-order chi connectivity index (χ1) is 13.5. The van der Waals surface area contributed by atoms with Crippen LogP contribution in [0.3, 0.4) is 0 Å². The lowest BCUT2D eigenvalue weighted by molar-refractivity contribution is -0.136. The van der Waals surface area contributed by atoms with E-state index in [9.17, 15) is 22.8 Å². The molecule has 0 radical (unpaired) electrons. The van der Waals surface area contributed by atoms with Crippen molar-refractivity contribution in [2.45, 2.75) is 12.8 Å². The van der Waals surface area contributed by atoms with E-state index in [1.807, 2.05) is 6.07 Å². The molecule has 0 atom stereocenters. The van der Waals surface area contributed by atoms with Crippen LogP contribution in [0.4, 0.5) is 18.9 Å². The van der Waals surface area contributed by atoms with E-state index >= 15 is 0 Å². The zero-order chi connectivity index (χ0) is 20.1. The van der Waals surface area contributed by atoms with Crippen LogP contribution >= 0.6 is 0 Å². The number of carbonyl (C=O) groups is 2. The highest BCUT2D eigenvalue weighted by atomic mass is 19.2. The van der Waals surface area contributed by atoms with Crippen molar-refractivity contribution < 1.29 is 27.5 Å². The molecule has 2 aromatic rings. The molecule has 2 amide bonds. The number of anilines is 1. The molecule has 0 unspecified atom stereocenters. The van der Waals surface area contributed by atoms with Gasteiger partial charge in [0, 0.05) is 19.0 Å². The Balaban J connectivity index is 1.48. The van der Waals surface area contributed by atoms with Crippen LogP contribution in [0.1, 0.15) is 12.8 Å². The molecule has 8 heteroatoms. The summed E-state index contributed by atoms with van der Waals surface area (Å²) in [5.41, 5.74) is -0.404. The van der Waals surface area contributed by atoms with E-state index in [0.717, 1.165) is 12.1 Å². The van der Waals surface area contributed by atoms with E-state index in [4.69, 9.17) is 4.74 Å². The lowest BCUT2D eigenvalue weighted by Crippen LogP contribution is -2.43. The van der Waals surface area contributed by atoms with Gasteiger partial charge in [0.15, 0.2) is 24.1 Å². The second kappa shape index (κ2) is 8.77. The summed E-state index contributed by atoms with van der Waals surface area (Å²) in [5.74, 6) is -4.91. The van der Waals surface area contributed by atoms with Gasteiger partial charge in [-0.25, -0.2) is 13.2 Å². The van der Waals surface area contributed by atoms with Gasteiger partial charge in [-0.3, -0.25) is 9.59 Å². The van der Waals surface area contributed by atoms with E-state index in [0.29, 0.717) is 31.7 Å². The Bertz CT molecular complexity index is 853. The summed E-state index contributed by atoms with van der Waals surface area (Å²) in [4.78, 5) is 26.1. The van der Waals surface area contributed by atoms with Crippen LogP contribution in [0.5, 0.6) is 5.75 Å². The first kappa shape index (κ1) is 19.7. The number of amides is 2. The Labute approximate surface area is 160 Å². The van der Waals surface area contributed by atoms with Gasteiger partial charge in [0.1, 0.15) is 5.75 Å². The molecule has 0 saturated carbocycles. The number of ether oxygens (including phenoxy) is 1. The average molecular weight is 392 g/mol. The van der Waals surface area contributed by atoms with Crippen LogP contribution in [-0.2, 0) is 9.59 Å². The highest BCUT2D eigenvalue weighted by molar-refractivity contribution is 5.93. The van der Waals surface area contributed by atoms with E-state index in [2.05, 4.69) is 5.32 Å². The molecule has 1 heterocycles. The maximum absolute atomic E-state index is 13.7. The van der Waals surface area contributed by atoms with Crippen LogP contribution in [0.25, 0.3) is 0 Å². The van der Waals surface area contributed by atoms with Gasteiger partial charge in [-0.2, -0.15) is 0 Å². The van der Waals surface area contributed by atoms with Crippen molar-refractivity contribution in [3.63, 3.8) is 0 Å². The molecule has 5 nitrogen and oxygen atoms in total. The smallest absolute Gasteiger partial charge is 0.260 e. The maximum Gasteiger partial charge on any atom is 0.260 e. The van der Waals surface area contributed by atoms with E-state index in [1.165, 1.54) is 0 Å². The quantitative estimate of drug-likeness (QED) is 0.794. The zero-order valence-corrected chi connectivity index (χ0v) is 15.0. The molecule has 1 saturated heterocycles. The Morgan fingerprint density at radius 2 is 1.68 bits per heavy atom. The molecule has 2 aromatic carbocycles. The summed E-state index contributed by atoms with van der Waals surface area (Å²) in [6.45, 7) is 0.617. The molecule has 1 aliphatic rings. The predicted molar refractivity (Wildman–Crippen MR) is 96.2 cm³/mol. The van der Waals surface area contributed by atoms with Crippen LogP contribution in [0.15, 0.2) is 42.5 Å². The van der Waals surface area contributed by atoms with Crippen molar-refractivity contribution in [3.8, 4) is 5.75 Å². The van der Waals surface area contributed by atoms with Crippen molar-refractivity contribution in [2.24, 2.45) is 5.92 Å². The average Bonchev–Trinajstić information content (AvgIpc) is 2.73. The zero-order valence-electron chi connectivity index (χ0n) is 15.0. The molecule has 1 N–H and O–H groups in total. The lowest BCUT2D eigenvalue weighted by atomic mass is 9.95. The number of nitrogens with one attached hydrogen (secondary N) is 1. The molecule has 3 rings (SSSR count). The number of para-hydroxylation sites is 1. The minimum absolute atomic E-state index is 0.0963. The van der Waals surface area contributed by atoms with Crippen LogP contribution < -0.4 is 10.1 Å². The molecular formula is C20H19F3N2O3. The monoisotopic (exact) mass is 392 g/mol. The van der Waals surface area contributed by atoms with Crippen molar-refractivity contribution >= 4 is 17.5 Å². The molecule has 0 spiro atoms. The van der Waals surface area contributed by atoms with Crippen molar-refractivity contribution in [1.82, 2.24) is 4.90 Å².